The van der Waals surface area contributed by atoms with E-state index in [4.69, 9.17) is 0 Å². The Labute approximate surface area is 79.5 Å². The first-order valence-electron chi connectivity index (χ1n) is 5.33. The van der Waals surface area contributed by atoms with Crippen molar-refractivity contribution >= 4 is 5.91 Å². The number of hydrogen-bond acceptors (Lipinski definition) is 2. The molecule has 2 rings (SSSR count). The van der Waals surface area contributed by atoms with Crippen molar-refractivity contribution < 1.29 is 4.79 Å². The highest BCUT2D eigenvalue weighted by Crippen LogP contribution is 2.23. The van der Waals surface area contributed by atoms with Gasteiger partial charge in [-0.3, -0.25) is 10.1 Å². The van der Waals surface area contributed by atoms with Gasteiger partial charge in [0, 0.05) is 12.5 Å². The van der Waals surface area contributed by atoms with E-state index in [2.05, 4.69) is 17.1 Å². The smallest absolute Gasteiger partial charge is 0.224 e. The molecule has 2 aliphatic rings. The van der Waals surface area contributed by atoms with Crippen LogP contribution < -0.4 is 5.32 Å². The van der Waals surface area contributed by atoms with Crippen molar-refractivity contribution in [1.82, 2.24) is 10.2 Å². The predicted molar refractivity (Wildman–Crippen MR) is 51.2 cm³/mol. The molecule has 74 valence electrons. The van der Waals surface area contributed by atoms with Crippen molar-refractivity contribution in [2.24, 2.45) is 0 Å². The summed E-state index contributed by atoms with van der Waals surface area (Å²) in [5.41, 5.74) is 0. The van der Waals surface area contributed by atoms with Gasteiger partial charge in [0.2, 0.25) is 5.91 Å². The normalized spacial score (nSPS) is 35.5. The van der Waals surface area contributed by atoms with Crippen LogP contribution in [-0.2, 0) is 4.79 Å². The lowest BCUT2D eigenvalue weighted by Gasteiger charge is -2.38. The number of carbonyl (C=O) groups excluding carboxylic acids is 1. The van der Waals surface area contributed by atoms with Crippen LogP contribution in [0, 0.1) is 0 Å². The second-order valence-electron chi connectivity index (χ2n) is 4.15. The Morgan fingerprint density at radius 1 is 1.38 bits per heavy atom. The molecule has 2 unspecified atom stereocenters. The van der Waals surface area contributed by atoms with Crippen LogP contribution in [0.15, 0.2) is 0 Å². The summed E-state index contributed by atoms with van der Waals surface area (Å²) < 4.78 is 0. The molecule has 0 saturated carbocycles. The Balaban J connectivity index is 2.04. The number of hydrogen-bond donors (Lipinski definition) is 1. The van der Waals surface area contributed by atoms with E-state index in [0.29, 0.717) is 18.1 Å². The van der Waals surface area contributed by atoms with Gasteiger partial charge >= 0.3 is 0 Å². The lowest BCUT2D eigenvalue weighted by Crippen LogP contribution is -2.52. The molecule has 3 heteroatoms. The Morgan fingerprint density at radius 2 is 2.23 bits per heavy atom. The van der Waals surface area contributed by atoms with E-state index >= 15 is 0 Å². The molecule has 0 radical (unpaired) electrons. The summed E-state index contributed by atoms with van der Waals surface area (Å²) >= 11 is 0. The second kappa shape index (κ2) is 3.66. The molecule has 2 saturated heterocycles. The number of likely N-dealkylation sites (tertiary alicyclic amines) is 1. The Kier molecular flexibility index (Phi) is 2.54. The largest absolute Gasteiger partial charge is 0.324 e. The second-order valence-corrected chi connectivity index (χ2v) is 4.15. The number of piperidine rings is 1. The fourth-order valence-electron chi connectivity index (χ4n) is 2.45. The Bertz CT molecular complexity index is 199. The van der Waals surface area contributed by atoms with Gasteiger partial charge in [0.1, 0.15) is 0 Å². The SMILES string of the molecule is CC1CCCC(=O)N1C1CCCN1. The molecule has 0 aromatic rings. The quantitative estimate of drug-likeness (QED) is 0.658. The maximum atomic E-state index is 11.7. The summed E-state index contributed by atoms with van der Waals surface area (Å²) in [4.78, 5) is 13.7. The minimum Gasteiger partial charge on any atom is -0.324 e. The molecule has 2 atom stereocenters. The van der Waals surface area contributed by atoms with E-state index in [1.54, 1.807) is 0 Å². The van der Waals surface area contributed by atoms with Crippen LogP contribution in [0.3, 0.4) is 0 Å². The first kappa shape index (κ1) is 9.00. The van der Waals surface area contributed by atoms with Crippen LogP contribution in [0.1, 0.15) is 39.0 Å². The summed E-state index contributed by atoms with van der Waals surface area (Å²) in [6.45, 7) is 3.23. The van der Waals surface area contributed by atoms with Gasteiger partial charge < -0.3 is 4.90 Å². The lowest BCUT2D eigenvalue weighted by molar-refractivity contribution is -0.139. The van der Waals surface area contributed by atoms with E-state index in [1.807, 2.05) is 0 Å². The average Bonchev–Trinajstić information content (AvgIpc) is 2.57. The van der Waals surface area contributed by atoms with Crippen molar-refractivity contribution in [3.8, 4) is 0 Å². The molecule has 0 spiro atoms. The van der Waals surface area contributed by atoms with Crippen molar-refractivity contribution in [3.63, 3.8) is 0 Å². The zero-order chi connectivity index (χ0) is 9.26. The topological polar surface area (TPSA) is 32.3 Å². The fourth-order valence-corrected chi connectivity index (χ4v) is 2.45. The van der Waals surface area contributed by atoms with Crippen molar-refractivity contribution in [1.29, 1.82) is 0 Å². The highest BCUT2D eigenvalue weighted by atomic mass is 16.2. The molecule has 0 aliphatic carbocycles. The monoisotopic (exact) mass is 182 g/mol. The van der Waals surface area contributed by atoms with E-state index in [0.717, 1.165) is 25.8 Å². The zero-order valence-corrected chi connectivity index (χ0v) is 8.25. The summed E-state index contributed by atoms with van der Waals surface area (Å²) in [7, 11) is 0. The van der Waals surface area contributed by atoms with Crippen LogP contribution in [0.5, 0.6) is 0 Å². The van der Waals surface area contributed by atoms with Crippen LogP contribution in [0.4, 0.5) is 0 Å². The average molecular weight is 182 g/mol. The third-order valence-electron chi connectivity index (χ3n) is 3.15. The minimum absolute atomic E-state index is 0.336. The molecule has 0 aromatic heterocycles. The van der Waals surface area contributed by atoms with E-state index < -0.39 is 0 Å². The summed E-state index contributed by atoms with van der Waals surface area (Å²) in [6.07, 6.45) is 5.68. The van der Waals surface area contributed by atoms with Gasteiger partial charge in [-0.1, -0.05) is 0 Å². The van der Waals surface area contributed by atoms with E-state index in [-0.39, 0.29) is 0 Å². The molecule has 1 N–H and O–H groups in total. The molecule has 0 aromatic carbocycles. The number of carbonyl (C=O) groups is 1. The van der Waals surface area contributed by atoms with Gasteiger partial charge in [-0.2, -0.15) is 0 Å². The molecule has 3 nitrogen and oxygen atoms in total. The minimum atomic E-state index is 0.336. The van der Waals surface area contributed by atoms with Crippen molar-refractivity contribution in [2.75, 3.05) is 6.54 Å². The van der Waals surface area contributed by atoms with Crippen LogP contribution in [-0.4, -0.2) is 29.6 Å². The van der Waals surface area contributed by atoms with Crippen LogP contribution in [0.2, 0.25) is 0 Å². The number of rotatable bonds is 1. The standard InChI is InChI=1S/C10H18N2O/c1-8-4-2-6-10(13)12(8)9-5-3-7-11-9/h8-9,11H,2-7H2,1H3. The van der Waals surface area contributed by atoms with Gasteiger partial charge in [0.15, 0.2) is 0 Å². The fraction of sp³-hybridized carbons (Fsp3) is 0.900. The highest BCUT2D eigenvalue weighted by molar-refractivity contribution is 5.77. The van der Waals surface area contributed by atoms with Crippen molar-refractivity contribution in [2.45, 2.75) is 51.2 Å². The van der Waals surface area contributed by atoms with Gasteiger partial charge in [-0.25, -0.2) is 0 Å². The zero-order valence-electron chi connectivity index (χ0n) is 8.25. The molecule has 2 fully saturated rings. The van der Waals surface area contributed by atoms with Crippen LogP contribution >= 0.6 is 0 Å². The molecule has 2 aliphatic heterocycles. The van der Waals surface area contributed by atoms with Crippen molar-refractivity contribution in [3.05, 3.63) is 0 Å². The number of nitrogens with zero attached hydrogens (tertiary/aromatic N) is 1. The molecule has 0 bridgehead atoms. The van der Waals surface area contributed by atoms with Gasteiger partial charge in [0.25, 0.3) is 0 Å². The maximum absolute atomic E-state index is 11.7. The Morgan fingerprint density at radius 3 is 2.85 bits per heavy atom. The number of amides is 1. The molecule has 13 heavy (non-hydrogen) atoms. The summed E-state index contributed by atoms with van der Waals surface area (Å²) in [6, 6.07) is 0.442. The molecular weight excluding hydrogens is 164 g/mol. The molecule has 2 heterocycles. The van der Waals surface area contributed by atoms with E-state index in [9.17, 15) is 4.79 Å². The first-order chi connectivity index (χ1) is 6.29. The maximum Gasteiger partial charge on any atom is 0.224 e. The summed E-state index contributed by atoms with van der Waals surface area (Å²) in [5, 5.41) is 3.39. The highest BCUT2D eigenvalue weighted by Gasteiger charge is 2.32. The first-order valence-corrected chi connectivity index (χ1v) is 5.33. The van der Waals surface area contributed by atoms with Crippen LogP contribution in [0.25, 0.3) is 0 Å². The van der Waals surface area contributed by atoms with Gasteiger partial charge in [-0.15, -0.1) is 0 Å². The van der Waals surface area contributed by atoms with Gasteiger partial charge in [-0.05, 0) is 39.2 Å². The number of nitrogens with one attached hydrogen (secondary N) is 1. The predicted octanol–water partition coefficient (Wildman–Crippen LogP) is 1.10. The molecule has 1 amide bonds. The lowest BCUT2D eigenvalue weighted by atomic mass is 10.0. The third kappa shape index (κ3) is 1.70. The van der Waals surface area contributed by atoms with Gasteiger partial charge in [0.05, 0.1) is 6.17 Å². The molecular formula is C10H18N2O. The third-order valence-corrected chi connectivity index (χ3v) is 3.15. The van der Waals surface area contributed by atoms with E-state index in [1.165, 1.54) is 12.8 Å². The summed E-state index contributed by atoms with van der Waals surface area (Å²) in [5.74, 6) is 0.346. The Hall–Kier alpha value is -0.570.